The summed E-state index contributed by atoms with van der Waals surface area (Å²) in [6, 6.07) is 9.04. The van der Waals surface area contributed by atoms with Crippen molar-refractivity contribution in [3.8, 4) is 11.8 Å². The molecule has 2 amide bonds. The van der Waals surface area contributed by atoms with Crippen molar-refractivity contribution in [2.24, 2.45) is 0 Å². The monoisotopic (exact) mass is 359 g/mol. The van der Waals surface area contributed by atoms with Crippen LogP contribution in [0, 0.1) is 11.3 Å². The first-order valence-electron chi connectivity index (χ1n) is 8.27. The van der Waals surface area contributed by atoms with Gasteiger partial charge >= 0.3 is 5.97 Å². The first kappa shape index (κ1) is 19.2. The fraction of sp³-hybridized carbons (Fsp3) is 0.444. The molecule has 1 aliphatic rings. The highest BCUT2D eigenvalue weighted by Gasteiger charge is 2.27. The highest BCUT2D eigenvalue weighted by molar-refractivity contribution is 5.98. The zero-order valence-electron chi connectivity index (χ0n) is 14.8. The van der Waals surface area contributed by atoms with Crippen LogP contribution >= 0.6 is 0 Å². The lowest BCUT2D eigenvalue weighted by Gasteiger charge is -2.29. The van der Waals surface area contributed by atoms with E-state index in [1.807, 2.05) is 6.07 Å². The van der Waals surface area contributed by atoms with E-state index in [1.165, 1.54) is 16.7 Å². The van der Waals surface area contributed by atoms with Gasteiger partial charge in [0.25, 0.3) is 11.8 Å². The number of carbonyl (C=O) groups is 3. The Morgan fingerprint density at radius 3 is 2.88 bits per heavy atom. The van der Waals surface area contributed by atoms with Gasteiger partial charge in [-0.2, -0.15) is 5.26 Å². The number of ether oxygens (including phenoxy) is 2. The van der Waals surface area contributed by atoms with E-state index in [9.17, 15) is 14.4 Å². The van der Waals surface area contributed by atoms with Crippen molar-refractivity contribution in [1.82, 2.24) is 4.90 Å². The zero-order chi connectivity index (χ0) is 19.1. The van der Waals surface area contributed by atoms with Gasteiger partial charge in [-0.1, -0.05) is 12.1 Å². The first-order chi connectivity index (χ1) is 12.4. The minimum atomic E-state index is -0.945. The molecular weight excluding hydrogens is 338 g/mol. The maximum Gasteiger partial charge on any atom is 0.308 e. The van der Waals surface area contributed by atoms with Gasteiger partial charge in [-0.25, -0.2) is 0 Å². The summed E-state index contributed by atoms with van der Waals surface area (Å²) in [7, 11) is 1.55. The van der Waals surface area contributed by atoms with Crippen molar-refractivity contribution in [1.29, 1.82) is 5.26 Å². The van der Waals surface area contributed by atoms with Gasteiger partial charge in [0.1, 0.15) is 5.75 Å². The maximum absolute atomic E-state index is 12.1. The molecule has 0 radical (unpaired) electrons. The molecule has 8 heteroatoms. The molecule has 0 unspecified atom stereocenters. The molecule has 0 bridgehead atoms. The Morgan fingerprint density at radius 1 is 1.42 bits per heavy atom. The van der Waals surface area contributed by atoms with E-state index in [1.54, 1.807) is 31.3 Å². The number of fused-ring (bicyclic) bond motifs is 1. The molecule has 1 atom stereocenters. The first-order valence-corrected chi connectivity index (χ1v) is 8.27. The summed E-state index contributed by atoms with van der Waals surface area (Å²) in [5.74, 6) is -0.599. The lowest BCUT2D eigenvalue weighted by molar-refractivity contribution is -0.158. The number of benzene rings is 1. The fourth-order valence-electron chi connectivity index (χ4n) is 2.55. The summed E-state index contributed by atoms with van der Waals surface area (Å²) >= 11 is 0. The van der Waals surface area contributed by atoms with Gasteiger partial charge in [-0.3, -0.25) is 14.4 Å². The Morgan fingerprint density at radius 2 is 2.15 bits per heavy atom. The van der Waals surface area contributed by atoms with Crippen LogP contribution in [0.4, 0.5) is 5.69 Å². The molecule has 1 aliphatic heterocycles. The Hall–Kier alpha value is -3.08. The normalized spacial score (nSPS) is 13.9. The topological polar surface area (TPSA) is 99.9 Å². The minimum absolute atomic E-state index is 0.0421. The van der Waals surface area contributed by atoms with Crippen LogP contribution in [-0.4, -0.2) is 55.5 Å². The molecule has 1 aromatic carbocycles. The van der Waals surface area contributed by atoms with E-state index in [0.29, 0.717) is 11.4 Å². The van der Waals surface area contributed by atoms with Crippen LogP contribution in [0.5, 0.6) is 5.75 Å². The summed E-state index contributed by atoms with van der Waals surface area (Å²) in [5.41, 5.74) is 0.608. The number of rotatable bonds is 7. The molecule has 2 rings (SSSR count). The molecule has 1 heterocycles. The average molecular weight is 359 g/mol. The molecule has 0 aliphatic carbocycles. The second-order valence-electron chi connectivity index (χ2n) is 5.85. The van der Waals surface area contributed by atoms with Crippen molar-refractivity contribution in [2.45, 2.75) is 25.9 Å². The summed E-state index contributed by atoms with van der Waals surface area (Å²) in [5, 5.41) is 8.55. The van der Waals surface area contributed by atoms with Crippen molar-refractivity contribution >= 4 is 23.5 Å². The van der Waals surface area contributed by atoms with Crippen molar-refractivity contribution in [3.05, 3.63) is 24.3 Å². The number of nitriles is 1. The third-order valence-electron chi connectivity index (χ3n) is 3.94. The van der Waals surface area contributed by atoms with Crippen molar-refractivity contribution in [3.63, 3.8) is 0 Å². The fourth-order valence-corrected chi connectivity index (χ4v) is 2.55. The predicted octanol–water partition coefficient (Wildman–Crippen LogP) is 1.11. The molecule has 0 spiro atoms. The van der Waals surface area contributed by atoms with Gasteiger partial charge in [0.15, 0.2) is 12.7 Å². The summed E-state index contributed by atoms with van der Waals surface area (Å²) in [4.78, 5) is 39.0. The molecule has 138 valence electrons. The molecule has 26 heavy (non-hydrogen) atoms. The van der Waals surface area contributed by atoms with E-state index in [-0.39, 0.29) is 44.4 Å². The molecule has 0 N–H and O–H groups in total. The number of anilines is 1. The highest BCUT2D eigenvalue weighted by Crippen LogP contribution is 2.31. The zero-order valence-corrected chi connectivity index (χ0v) is 14.8. The smallest absolute Gasteiger partial charge is 0.308 e. The SMILES string of the molecule is C[C@@H](OC(=O)CCN1C(=O)COc2ccccc21)C(=O)N(C)CCC#N. The van der Waals surface area contributed by atoms with Crippen LogP contribution < -0.4 is 9.64 Å². The highest BCUT2D eigenvalue weighted by atomic mass is 16.5. The number of hydrogen-bond acceptors (Lipinski definition) is 6. The molecule has 8 nitrogen and oxygen atoms in total. The van der Waals surface area contributed by atoms with Crippen LogP contribution in [0.15, 0.2) is 24.3 Å². The summed E-state index contributed by atoms with van der Waals surface area (Å²) < 4.78 is 10.5. The number of esters is 1. The van der Waals surface area contributed by atoms with E-state index in [0.717, 1.165) is 0 Å². The molecule has 0 saturated heterocycles. The quantitative estimate of drug-likeness (QED) is 0.676. The van der Waals surface area contributed by atoms with Crippen LogP contribution in [0.1, 0.15) is 19.8 Å². The third-order valence-corrected chi connectivity index (χ3v) is 3.94. The van der Waals surface area contributed by atoms with Crippen LogP contribution in [-0.2, 0) is 19.1 Å². The number of para-hydroxylation sites is 2. The third kappa shape index (κ3) is 4.72. The predicted molar refractivity (Wildman–Crippen MR) is 92.3 cm³/mol. The molecular formula is C18H21N3O5. The second kappa shape index (κ2) is 8.85. The van der Waals surface area contributed by atoms with Crippen molar-refractivity contribution < 1.29 is 23.9 Å². The van der Waals surface area contributed by atoms with Gasteiger partial charge in [0.2, 0.25) is 0 Å². The van der Waals surface area contributed by atoms with Gasteiger partial charge in [0.05, 0.1) is 24.6 Å². The summed E-state index contributed by atoms with van der Waals surface area (Å²) in [6.07, 6.45) is -0.778. The summed E-state index contributed by atoms with van der Waals surface area (Å²) in [6.45, 7) is 1.82. The van der Waals surface area contributed by atoms with Gasteiger partial charge in [0, 0.05) is 20.1 Å². The van der Waals surface area contributed by atoms with Gasteiger partial charge in [-0.15, -0.1) is 0 Å². The minimum Gasteiger partial charge on any atom is -0.482 e. The number of amides is 2. The van der Waals surface area contributed by atoms with Gasteiger partial charge < -0.3 is 19.3 Å². The lowest BCUT2D eigenvalue weighted by atomic mass is 10.2. The standard InChI is InChI=1S/C18H21N3O5/c1-13(18(24)20(2)10-5-9-19)26-17(23)8-11-21-14-6-3-4-7-15(14)25-12-16(21)22/h3-4,6-7,13H,5,8,10-12H2,1-2H3/t13-/m1/s1. The second-order valence-corrected chi connectivity index (χ2v) is 5.85. The largest absolute Gasteiger partial charge is 0.482 e. The number of nitrogens with zero attached hydrogens (tertiary/aromatic N) is 3. The van der Waals surface area contributed by atoms with Crippen molar-refractivity contribution in [2.75, 3.05) is 31.6 Å². The number of likely N-dealkylation sites (N-methyl/N-ethyl adjacent to an activating group) is 1. The number of carbonyl (C=O) groups excluding carboxylic acids is 3. The Bertz CT molecular complexity index is 728. The maximum atomic E-state index is 12.1. The van der Waals surface area contributed by atoms with E-state index in [4.69, 9.17) is 14.7 Å². The molecule has 1 aromatic rings. The van der Waals surface area contributed by atoms with Crippen LogP contribution in [0.25, 0.3) is 0 Å². The van der Waals surface area contributed by atoms with Crippen LogP contribution in [0.3, 0.4) is 0 Å². The van der Waals surface area contributed by atoms with Crippen LogP contribution in [0.2, 0.25) is 0 Å². The average Bonchev–Trinajstić information content (AvgIpc) is 2.64. The Labute approximate surface area is 151 Å². The van der Waals surface area contributed by atoms with E-state index >= 15 is 0 Å². The lowest BCUT2D eigenvalue weighted by Crippen LogP contribution is -2.41. The van der Waals surface area contributed by atoms with Gasteiger partial charge in [-0.05, 0) is 19.1 Å². The van der Waals surface area contributed by atoms with E-state index < -0.39 is 12.1 Å². The van der Waals surface area contributed by atoms with E-state index in [2.05, 4.69) is 0 Å². The molecule has 0 saturated carbocycles. The molecule has 0 fully saturated rings. The number of hydrogen-bond donors (Lipinski definition) is 0. The molecule has 0 aromatic heterocycles. The Balaban J connectivity index is 1.88. The Kier molecular flexibility index (Phi) is 6.55.